The van der Waals surface area contributed by atoms with Gasteiger partial charge in [0.25, 0.3) is 0 Å². The Hall–Kier alpha value is -1.00. The molecule has 1 atom stereocenters. The van der Waals surface area contributed by atoms with Crippen molar-refractivity contribution in [3.05, 3.63) is 35.4 Å². The monoisotopic (exact) mass is 226 g/mol. The highest BCUT2D eigenvalue weighted by Gasteiger charge is 2.18. The van der Waals surface area contributed by atoms with Gasteiger partial charge in [-0.1, -0.05) is 0 Å². The van der Waals surface area contributed by atoms with E-state index in [9.17, 15) is 8.78 Å². The van der Waals surface area contributed by atoms with Gasteiger partial charge in [0.15, 0.2) is 0 Å². The zero-order valence-electron chi connectivity index (χ0n) is 9.34. The van der Waals surface area contributed by atoms with Crippen LogP contribution in [0.1, 0.15) is 18.5 Å². The predicted molar refractivity (Wildman–Crippen MR) is 59.2 cm³/mol. The second-order valence-electron chi connectivity index (χ2n) is 4.16. The minimum absolute atomic E-state index is 0.0623. The normalized spacial score (nSPS) is 19.7. The average molecular weight is 226 g/mol. The third-order valence-corrected chi connectivity index (χ3v) is 3.07. The third kappa shape index (κ3) is 2.57. The molecule has 0 saturated carbocycles. The quantitative estimate of drug-likeness (QED) is 0.829. The van der Waals surface area contributed by atoms with E-state index in [1.54, 1.807) is 0 Å². The summed E-state index contributed by atoms with van der Waals surface area (Å²) in [6.45, 7) is 5.68. The zero-order valence-corrected chi connectivity index (χ0v) is 9.34. The van der Waals surface area contributed by atoms with Crippen LogP contribution in [0.25, 0.3) is 0 Å². The molecule has 0 radical (unpaired) electrons. The fourth-order valence-corrected chi connectivity index (χ4v) is 2.10. The summed E-state index contributed by atoms with van der Waals surface area (Å²) in [7, 11) is 0. The Morgan fingerprint density at radius 3 is 2.25 bits per heavy atom. The topological polar surface area (TPSA) is 15.3 Å². The number of benzene rings is 1. The summed E-state index contributed by atoms with van der Waals surface area (Å²) in [4.78, 5) is 2.23. The molecule has 1 aromatic carbocycles. The summed E-state index contributed by atoms with van der Waals surface area (Å²) >= 11 is 0. The van der Waals surface area contributed by atoms with Crippen LogP contribution >= 0.6 is 0 Å². The van der Waals surface area contributed by atoms with Gasteiger partial charge in [-0.25, -0.2) is 8.78 Å². The first-order valence-corrected chi connectivity index (χ1v) is 5.57. The first-order chi connectivity index (χ1) is 7.66. The van der Waals surface area contributed by atoms with Crippen LogP contribution < -0.4 is 5.32 Å². The summed E-state index contributed by atoms with van der Waals surface area (Å²) in [5.41, 5.74) is 0.708. The molecule has 1 N–H and O–H groups in total. The molecule has 2 nitrogen and oxygen atoms in total. The molecule has 88 valence electrons. The summed E-state index contributed by atoms with van der Waals surface area (Å²) in [6.07, 6.45) is 0. The van der Waals surface area contributed by atoms with Crippen LogP contribution in [0.15, 0.2) is 18.2 Å². The van der Waals surface area contributed by atoms with Gasteiger partial charge in [-0.2, -0.15) is 0 Å². The maximum atomic E-state index is 13.1. The summed E-state index contributed by atoms with van der Waals surface area (Å²) in [6, 6.07) is 3.80. The highest BCUT2D eigenvalue weighted by Crippen LogP contribution is 2.22. The van der Waals surface area contributed by atoms with Gasteiger partial charge in [0.1, 0.15) is 11.6 Å². The maximum Gasteiger partial charge on any atom is 0.126 e. The first-order valence-electron chi connectivity index (χ1n) is 5.57. The van der Waals surface area contributed by atoms with Gasteiger partial charge in [-0.3, -0.25) is 4.90 Å². The van der Waals surface area contributed by atoms with E-state index in [0.717, 1.165) is 32.2 Å². The van der Waals surface area contributed by atoms with Crippen LogP contribution in [0, 0.1) is 11.6 Å². The summed E-state index contributed by atoms with van der Waals surface area (Å²) in [5, 5.41) is 3.25. The van der Waals surface area contributed by atoms with Crippen LogP contribution in [-0.4, -0.2) is 31.1 Å². The van der Waals surface area contributed by atoms with E-state index in [1.165, 1.54) is 12.1 Å². The SMILES string of the molecule is C[C@@H](c1cc(F)cc(F)c1)N1CCNCC1. The molecule has 0 aliphatic carbocycles. The van der Waals surface area contributed by atoms with Crippen molar-refractivity contribution in [2.45, 2.75) is 13.0 Å². The van der Waals surface area contributed by atoms with E-state index < -0.39 is 11.6 Å². The van der Waals surface area contributed by atoms with Crippen molar-refractivity contribution in [3.63, 3.8) is 0 Å². The van der Waals surface area contributed by atoms with Crippen molar-refractivity contribution >= 4 is 0 Å². The van der Waals surface area contributed by atoms with Gasteiger partial charge in [0.05, 0.1) is 0 Å². The summed E-state index contributed by atoms with van der Waals surface area (Å²) in [5.74, 6) is -1.01. The van der Waals surface area contributed by atoms with E-state index in [1.807, 2.05) is 6.92 Å². The Balaban J connectivity index is 2.15. The highest BCUT2D eigenvalue weighted by molar-refractivity contribution is 5.21. The lowest BCUT2D eigenvalue weighted by molar-refractivity contribution is 0.185. The minimum Gasteiger partial charge on any atom is -0.314 e. The highest BCUT2D eigenvalue weighted by atomic mass is 19.1. The molecule has 0 aromatic heterocycles. The molecule has 1 saturated heterocycles. The third-order valence-electron chi connectivity index (χ3n) is 3.07. The lowest BCUT2D eigenvalue weighted by Crippen LogP contribution is -2.44. The number of halogens is 2. The maximum absolute atomic E-state index is 13.1. The van der Waals surface area contributed by atoms with Gasteiger partial charge in [-0.05, 0) is 24.6 Å². The van der Waals surface area contributed by atoms with E-state index in [4.69, 9.17) is 0 Å². The fourth-order valence-electron chi connectivity index (χ4n) is 2.10. The molecule has 16 heavy (non-hydrogen) atoms. The Kier molecular flexibility index (Phi) is 3.51. The smallest absolute Gasteiger partial charge is 0.126 e. The molecular formula is C12H16F2N2. The Morgan fingerprint density at radius 1 is 1.12 bits per heavy atom. The van der Waals surface area contributed by atoms with Crippen LogP contribution in [0.3, 0.4) is 0 Å². The summed E-state index contributed by atoms with van der Waals surface area (Å²) < 4.78 is 26.2. The second-order valence-corrected chi connectivity index (χ2v) is 4.16. The number of rotatable bonds is 2. The van der Waals surface area contributed by atoms with Gasteiger partial charge in [0, 0.05) is 38.3 Å². The minimum atomic E-state index is -0.503. The number of piperazine rings is 1. The standard InChI is InChI=1S/C12H16F2N2/c1-9(16-4-2-15-3-5-16)10-6-11(13)8-12(14)7-10/h6-9,15H,2-5H2,1H3/t9-/m0/s1. The number of hydrogen-bond donors (Lipinski definition) is 1. The van der Waals surface area contributed by atoms with E-state index >= 15 is 0 Å². The van der Waals surface area contributed by atoms with Crippen molar-refractivity contribution in [2.24, 2.45) is 0 Å². The molecule has 0 bridgehead atoms. The van der Waals surface area contributed by atoms with E-state index in [2.05, 4.69) is 10.2 Å². The fraction of sp³-hybridized carbons (Fsp3) is 0.500. The molecule has 1 heterocycles. The first kappa shape index (κ1) is 11.5. The van der Waals surface area contributed by atoms with Crippen molar-refractivity contribution in [3.8, 4) is 0 Å². The van der Waals surface area contributed by atoms with E-state index in [0.29, 0.717) is 5.56 Å². The van der Waals surface area contributed by atoms with Gasteiger partial charge >= 0.3 is 0 Å². The second kappa shape index (κ2) is 4.89. The molecule has 1 aliphatic heterocycles. The lowest BCUT2D eigenvalue weighted by atomic mass is 10.1. The molecule has 2 rings (SSSR count). The van der Waals surface area contributed by atoms with Gasteiger partial charge in [-0.15, -0.1) is 0 Å². The van der Waals surface area contributed by atoms with Gasteiger partial charge < -0.3 is 5.32 Å². The molecule has 4 heteroatoms. The van der Waals surface area contributed by atoms with Gasteiger partial charge in [0.2, 0.25) is 0 Å². The van der Waals surface area contributed by atoms with Crippen LogP contribution in [0.2, 0.25) is 0 Å². The number of nitrogens with zero attached hydrogens (tertiary/aromatic N) is 1. The van der Waals surface area contributed by atoms with Crippen molar-refractivity contribution in [2.75, 3.05) is 26.2 Å². The molecule has 0 amide bonds. The number of nitrogens with one attached hydrogen (secondary N) is 1. The van der Waals surface area contributed by atoms with Crippen LogP contribution in [0.4, 0.5) is 8.78 Å². The zero-order chi connectivity index (χ0) is 11.5. The van der Waals surface area contributed by atoms with Crippen molar-refractivity contribution < 1.29 is 8.78 Å². The van der Waals surface area contributed by atoms with E-state index in [-0.39, 0.29) is 6.04 Å². The predicted octanol–water partition coefficient (Wildman–Crippen LogP) is 1.93. The molecule has 0 unspecified atom stereocenters. The molecule has 0 spiro atoms. The van der Waals surface area contributed by atoms with Crippen LogP contribution in [-0.2, 0) is 0 Å². The van der Waals surface area contributed by atoms with Crippen LogP contribution in [0.5, 0.6) is 0 Å². The number of hydrogen-bond acceptors (Lipinski definition) is 2. The molecule has 1 aromatic rings. The Labute approximate surface area is 94.3 Å². The molecular weight excluding hydrogens is 210 g/mol. The molecule has 1 aliphatic rings. The Bertz CT molecular complexity index is 342. The largest absolute Gasteiger partial charge is 0.314 e. The van der Waals surface area contributed by atoms with Crippen molar-refractivity contribution in [1.82, 2.24) is 10.2 Å². The average Bonchev–Trinajstić information content (AvgIpc) is 2.28. The lowest BCUT2D eigenvalue weighted by Gasteiger charge is -2.33. The Morgan fingerprint density at radius 2 is 1.69 bits per heavy atom. The molecule has 1 fully saturated rings. The van der Waals surface area contributed by atoms with Crippen molar-refractivity contribution in [1.29, 1.82) is 0 Å².